The van der Waals surface area contributed by atoms with E-state index in [2.05, 4.69) is 6.92 Å². The zero-order chi connectivity index (χ0) is 15.6. The van der Waals surface area contributed by atoms with Crippen LogP contribution in [0.15, 0.2) is 0 Å². The maximum atomic E-state index is 13.3. The average molecular weight is 314 g/mol. The molecule has 0 saturated heterocycles. The molecule has 0 saturated carbocycles. The van der Waals surface area contributed by atoms with Gasteiger partial charge >= 0.3 is 15.4 Å². The Morgan fingerprint density at radius 2 is 1.50 bits per heavy atom. The van der Waals surface area contributed by atoms with E-state index < -0.39 is 21.8 Å². The second kappa shape index (κ2) is 9.66. The van der Waals surface area contributed by atoms with E-state index in [-0.39, 0.29) is 5.92 Å². The first kappa shape index (κ1) is 19.8. The lowest BCUT2D eigenvalue weighted by Gasteiger charge is -2.21. The van der Waals surface area contributed by atoms with Crippen molar-refractivity contribution in [1.82, 2.24) is 0 Å². The summed E-state index contributed by atoms with van der Waals surface area (Å²) in [5, 5.41) is -4.02. The Bertz CT molecular complexity index is 342. The van der Waals surface area contributed by atoms with E-state index in [1.165, 1.54) is 12.8 Å². The Kier molecular flexibility index (Phi) is 9.55. The van der Waals surface area contributed by atoms with Crippen LogP contribution < -0.4 is 0 Å². The van der Waals surface area contributed by atoms with Crippen LogP contribution in [0.2, 0.25) is 0 Å². The highest BCUT2D eigenvalue weighted by atomic mass is 32.2. The van der Waals surface area contributed by atoms with Crippen molar-refractivity contribution in [3.8, 4) is 0 Å². The Balaban J connectivity index is 4.17. The highest BCUT2D eigenvalue weighted by Gasteiger charge is 2.45. The van der Waals surface area contributed by atoms with E-state index >= 15 is 0 Å². The lowest BCUT2D eigenvalue weighted by atomic mass is 9.93. The lowest BCUT2D eigenvalue weighted by molar-refractivity contribution is 0.0491. The molecule has 0 aliphatic heterocycles. The van der Waals surface area contributed by atoms with E-state index in [0.29, 0.717) is 12.8 Å². The molecule has 0 bridgehead atoms. The number of hydrogen-bond donors (Lipinski definition) is 1. The van der Waals surface area contributed by atoms with Gasteiger partial charge in [0.2, 0.25) is 0 Å². The third kappa shape index (κ3) is 8.15. The summed E-state index contributed by atoms with van der Waals surface area (Å²) in [6.45, 7) is 4.02. The molecule has 20 heavy (non-hydrogen) atoms. The van der Waals surface area contributed by atoms with Gasteiger partial charge in [0.1, 0.15) is 0 Å². The van der Waals surface area contributed by atoms with E-state index in [9.17, 15) is 17.2 Å². The summed E-state index contributed by atoms with van der Waals surface area (Å²) < 4.78 is 56.5. The molecule has 6 heteroatoms. The summed E-state index contributed by atoms with van der Waals surface area (Å²) >= 11 is 0. The summed E-state index contributed by atoms with van der Waals surface area (Å²) in [7, 11) is -5.29. The van der Waals surface area contributed by atoms with Crippen molar-refractivity contribution in [2.75, 3.05) is 0 Å². The Labute approximate surface area is 121 Å². The van der Waals surface area contributed by atoms with Crippen molar-refractivity contribution >= 4 is 10.1 Å². The van der Waals surface area contributed by atoms with Crippen LogP contribution in [0, 0.1) is 5.92 Å². The second-order valence-electron chi connectivity index (χ2n) is 5.53. The first-order chi connectivity index (χ1) is 9.24. The quantitative estimate of drug-likeness (QED) is 0.406. The summed E-state index contributed by atoms with van der Waals surface area (Å²) in [4.78, 5) is 0. The zero-order valence-corrected chi connectivity index (χ0v) is 13.4. The summed E-state index contributed by atoms with van der Waals surface area (Å²) in [5.74, 6) is -0.344. The highest BCUT2D eigenvalue weighted by Crippen LogP contribution is 2.33. The third-order valence-corrected chi connectivity index (χ3v) is 4.49. The molecular formula is C14H28F2O3S. The number of unbranched alkanes of at least 4 members (excludes halogenated alkanes) is 5. The molecule has 0 fully saturated rings. The van der Waals surface area contributed by atoms with Crippen LogP contribution in [0.3, 0.4) is 0 Å². The smallest absolute Gasteiger partial charge is 0.281 e. The molecule has 0 rings (SSSR count). The van der Waals surface area contributed by atoms with Crippen LogP contribution in [-0.4, -0.2) is 18.2 Å². The topological polar surface area (TPSA) is 54.4 Å². The van der Waals surface area contributed by atoms with Gasteiger partial charge in [-0.1, -0.05) is 71.6 Å². The standard InChI is InChI=1S/C14H28F2O3S/c1-3-5-6-7-8-9-11-13(10-4-2)12-14(15,16)20(17,18)19/h13H,3-12H2,1-2H3,(H,17,18,19). The lowest BCUT2D eigenvalue weighted by Crippen LogP contribution is -2.31. The Morgan fingerprint density at radius 1 is 0.950 bits per heavy atom. The third-order valence-electron chi connectivity index (χ3n) is 3.57. The predicted octanol–water partition coefficient (Wildman–Crippen LogP) is 5.02. The normalized spacial score (nSPS) is 14.4. The van der Waals surface area contributed by atoms with Crippen LogP contribution in [0.4, 0.5) is 8.78 Å². The van der Waals surface area contributed by atoms with Crippen LogP contribution in [0.5, 0.6) is 0 Å². The molecule has 0 aromatic carbocycles. The van der Waals surface area contributed by atoms with E-state index in [1.54, 1.807) is 0 Å². The summed E-state index contributed by atoms with van der Waals surface area (Å²) in [5.41, 5.74) is 0. The van der Waals surface area contributed by atoms with E-state index in [1.807, 2.05) is 6.92 Å². The van der Waals surface area contributed by atoms with Crippen LogP contribution >= 0.6 is 0 Å². The minimum Gasteiger partial charge on any atom is -0.281 e. The minimum absolute atomic E-state index is 0.344. The molecule has 0 amide bonds. The first-order valence-corrected chi connectivity index (χ1v) is 9.03. The Morgan fingerprint density at radius 3 is 2.00 bits per heavy atom. The maximum Gasteiger partial charge on any atom is 0.370 e. The largest absolute Gasteiger partial charge is 0.370 e. The number of hydrogen-bond acceptors (Lipinski definition) is 2. The zero-order valence-electron chi connectivity index (χ0n) is 12.6. The highest BCUT2D eigenvalue weighted by molar-refractivity contribution is 7.86. The molecule has 0 heterocycles. The van der Waals surface area contributed by atoms with Gasteiger partial charge in [0.25, 0.3) is 0 Å². The molecule has 0 aromatic heterocycles. The van der Waals surface area contributed by atoms with Crippen molar-refractivity contribution in [3.63, 3.8) is 0 Å². The van der Waals surface area contributed by atoms with Gasteiger partial charge in [-0.05, 0) is 5.92 Å². The number of alkyl halides is 2. The number of halogens is 2. The Hall–Kier alpha value is -0.230. The van der Waals surface area contributed by atoms with Gasteiger partial charge in [-0.3, -0.25) is 4.55 Å². The molecular weight excluding hydrogens is 286 g/mol. The second-order valence-corrected chi connectivity index (χ2v) is 7.08. The van der Waals surface area contributed by atoms with Gasteiger partial charge in [-0.15, -0.1) is 0 Å². The van der Waals surface area contributed by atoms with Gasteiger partial charge in [0, 0.05) is 6.42 Å². The van der Waals surface area contributed by atoms with Gasteiger partial charge in [-0.25, -0.2) is 0 Å². The van der Waals surface area contributed by atoms with E-state index in [4.69, 9.17) is 4.55 Å². The molecule has 0 aliphatic rings. The van der Waals surface area contributed by atoms with Gasteiger partial charge in [-0.2, -0.15) is 17.2 Å². The van der Waals surface area contributed by atoms with Crippen molar-refractivity contribution in [2.24, 2.45) is 5.92 Å². The number of rotatable bonds is 12. The summed E-state index contributed by atoms with van der Waals surface area (Å²) in [6, 6.07) is 0. The SMILES string of the molecule is CCCCCCCCC(CCC)CC(F)(F)S(=O)(=O)O. The monoisotopic (exact) mass is 314 g/mol. The van der Waals surface area contributed by atoms with Crippen LogP contribution in [-0.2, 0) is 10.1 Å². The fraction of sp³-hybridized carbons (Fsp3) is 1.00. The molecule has 122 valence electrons. The average Bonchev–Trinajstić information content (AvgIpc) is 2.32. The molecule has 0 spiro atoms. The van der Waals surface area contributed by atoms with Crippen molar-refractivity contribution in [3.05, 3.63) is 0 Å². The van der Waals surface area contributed by atoms with Crippen molar-refractivity contribution < 1.29 is 21.8 Å². The van der Waals surface area contributed by atoms with Gasteiger partial charge in [0.15, 0.2) is 0 Å². The summed E-state index contributed by atoms with van der Waals surface area (Å²) in [6.07, 6.45) is 7.60. The molecule has 0 aliphatic carbocycles. The fourth-order valence-electron chi connectivity index (χ4n) is 2.41. The molecule has 3 nitrogen and oxygen atoms in total. The first-order valence-electron chi connectivity index (χ1n) is 7.59. The molecule has 0 aromatic rings. The molecule has 1 N–H and O–H groups in total. The molecule has 0 radical (unpaired) electrons. The van der Waals surface area contributed by atoms with Crippen LogP contribution in [0.25, 0.3) is 0 Å². The van der Waals surface area contributed by atoms with Crippen molar-refractivity contribution in [2.45, 2.75) is 83.3 Å². The molecule has 1 atom stereocenters. The minimum atomic E-state index is -5.29. The molecule has 1 unspecified atom stereocenters. The van der Waals surface area contributed by atoms with E-state index in [0.717, 1.165) is 32.1 Å². The van der Waals surface area contributed by atoms with Crippen LogP contribution in [0.1, 0.15) is 78.1 Å². The van der Waals surface area contributed by atoms with Crippen molar-refractivity contribution in [1.29, 1.82) is 0 Å². The van der Waals surface area contributed by atoms with Gasteiger partial charge in [0.05, 0.1) is 0 Å². The fourth-order valence-corrected chi connectivity index (χ4v) is 2.86. The van der Waals surface area contributed by atoms with Gasteiger partial charge < -0.3 is 0 Å². The maximum absolute atomic E-state index is 13.3. The predicted molar refractivity (Wildman–Crippen MR) is 77.5 cm³/mol.